The Bertz CT molecular complexity index is 721. The fourth-order valence-corrected chi connectivity index (χ4v) is 3.05. The molecule has 26 heavy (non-hydrogen) atoms. The van der Waals surface area contributed by atoms with Crippen molar-refractivity contribution in [2.24, 2.45) is 0 Å². The topological polar surface area (TPSA) is 32.8 Å². The minimum atomic E-state index is -0.235. The van der Waals surface area contributed by atoms with Crippen LogP contribution in [0.15, 0.2) is 48.5 Å². The van der Waals surface area contributed by atoms with E-state index < -0.39 is 0 Å². The Hall–Kier alpha value is -2.56. The molecule has 0 bridgehead atoms. The summed E-state index contributed by atoms with van der Waals surface area (Å²) < 4.78 is 18.7. The van der Waals surface area contributed by atoms with Crippen LogP contribution in [-0.2, 0) is 4.79 Å². The molecular formula is C21H25FN2O2. The van der Waals surface area contributed by atoms with Crippen LogP contribution in [0.4, 0.5) is 10.1 Å². The zero-order valence-electron chi connectivity index (χ0n) is 15.3. The maximum atomic E-state index is 13.0. The second kappa shape index (κ2) is 8.21. The maximum absolute atomic E-state index is 13.0. The normalized spacial score (nSPS) is 14.6. The minimum Gasteiger partial charge on any atom is -0.484 e. The Morgan fingerprint density at radius 3 is 2.19 bits per heavy atom. The van der Waals surface area contributed by atoms with Crippen molar-refractivity contribution in [3.05, 3.63) is 59.9 Å². The Balaban J connectivity index is 1.47. The highest BCUT2D eigenvalue weighted by molar-refractivity contribution is 5.78. The third-order valence-corrected chi connectivity index (χ3v) is 4.73. The largest absolute Gasteiger partial charge is 0.484 e. The monoisotopic (exact) mass is 356 g/mol. The van der Waals surface area contributed by atoms with Gasteiger partial charge in [0.05, 0.1) is 0 Å². The van der Waals surface area contributed by atoms with Crippen LogP contribution in [-0.4, -0.2) is 43.6 Å². The fraction of sp³-hybridized carbons (Fsp3) is 0.381. The number of benzene rings is 2. The molecule has 1 saturated heterocycles. The second-order valence-electron chi connectivity index (χ2n) is 6.86. The quantitative estimate of drug-likeness (QED) is 0.819. The predicted octanol–water partition coefficient (Wildman–Crippen LogP) is 3.68. The van der Waals surface area contributed by atoms with Gasteiger partial charge in [-0.2, -0.15) is 0 Å². The average Bonchev–Trinajstić information content (AvgIpc) is 2.67. The van der Waals surface area contributed by atoms with Crippen molar-refractivity contribution < 1.29 is 13.9 Å². The predicted molar refractivity (Wildman–Crippen MR) is 101 cm³/mol. The summed E-state index contributed by atoms with van der Waals surface area (Å²) in [6.07, 6.45) is 0. The van der Waals surface area contributed by atoms with E-state index in [0.29, 0.717) is 24.8 Å². The number of carbonyl (C=O) groups is 1. The molecule has 1 aliphatic rings. The first-order chi connectivity index (χ1) is 12.5. The number of amides is 1. The summed E-state index contributed by atoms with van der Waals surface area (Å²) in [6.45, 7) is 7.10. The number of carbonyl (C=O) groups excluding carboxylic acids is 1. The van der Waals surface area contributed by atoms with Crippen LogP contribution < -0.4 is 9.64 Å². The molecule has 0 N–H and O–H groups in total. The van der Waals surface area contributed by atoms with Gasteiger partial charge >= 0.3 is 0 Å². The molecule has 1 heterocycles. The van der Waals surface area contributed by atoms with Crippen molar-refractivity contribution >= 4 is 11.6 Å². The Morgan fingerprint density at radius 2 is 1.62 bits per heavy atom. The number of hydrogen-bond acceptors (Lipinski definition) is 3. The first kappa shape index (κ1) is 18.2. The molecule has 138 valence electrons. The molecule has 1 fully saturated rings. The fourth-order valence-electron chi connectivity index (χ4n) is 3.05. The van der Waals surface area contributed by atoms with Gasteiger partial charge in [-0.15, -0.1) is 0 Å². The Labute approximate surface area is 154 Å². The molecule has 0 unspecified atom stereocenters. The number of ether oxygens (including phenoxy) is 1. The van der Waals surface area contributed by atoms with Gasteiger partial charge < -0.3 is 14.5 Å². The molecule has 0 aromatic heterocycles. The van der Waals surface area contributed by atoms with E-state index in [4.69, 9.17) is 4.74 Å². The molecule has 1 amide bonds. The van der Waals surface area contributed by atoms with Gasteiger partial charge in [0, 0.05) is 31.9 Å². The van der Waals surface area contributed by atoms with Gasteiger partial charge in [-0.3, -0.25) is 4.79 Å². The van der Waals surface area contributed by atoms with Crippen LogP contribution in [0.5, 0.6) is 5.75 Å². The number of rotatable bonds is 5. The van der Waals surface area contributed by atoms with Crippen LogP contribution in [0.3, 0.4) is 0 Å². The third-order valence-electron chi connectivity index (χ3n) is 4.73. The van der Waals surface area contributed by atoms with Gasteiger partial charge in [0.15, 0.2) is 6.61 Å². The molecule has 0 aliphatic carbocycles. The summed E-state index contributed by atoms with van der Waals surface area (Å²) >= 11 is 0. The first-order valence-electron chi connectivity index (χ1n) is 9.04. The summed E-state index contributed by atoms with van der Waals surface area (Å²) in [5, 5.41) is 0. The molecular weight excluding hydrogens is 331 g/mol. The molecule has 5 heteroatoms. The van der Waals surface area contributed by atoms with Gasteiger partial charge in [-0.25, -0.2) is 4.39 Å². The Kier molecular flexibility index (Phi) is 5.76. The second-order valence-corrected chi connectivity index (χ2v) is 6.86. The summed E-state index contributed by atoms with van der Waals surface area (Å²) in [4.78, 5) is 16.4. The van der Waals surface area contributed by atoms with E-state index in [1.807, 2.05) is 29.2 Å². The molecule has 0 saturated carbocycles. The summed E-state index contributed by atoms with van der Waals surface area (Å²) in [5.41, 5.74) is 2.24. The summed E-state index contributed by atoms with van der Waals surface area (Å²) in [6, 6.07) is 14.4. The van der Waals surface area contributed by atoms with E-state index in [1.165, 1.54) is 17.7 Å². The van der Waals surface area contributed by atoms with E-state index in [1.54, 1.807) is 12.1 Å². The summed E-state index contributed by atoms with van der Waals surface area (Å²) in [7, 11) is 0. The molecule has 3 rings (SSSR count). The molecule has 0 spiro atoms. The van der Waals surface area contributed by atoms with Gasteiger partial charge in [0.1, 0.15) is 11.6 Å². The van der Waals surface area contributed by atoms with Crippen LogP contribution in [0, 0.1) is 5.82 Å². The zero-order chi connectivity index (χ0) is 18.5. The van der Waals surface area contributed by atoms with Crippen LogP contribution in [0.1, 0.15) is 25.3 Å². The lowest BCUT2D eigenvalue weighted by Crippen LogP contribution is -2.50. The van der Waals surface area contributed by atoms with E-state index in [2.05, 4.69) is 18.7 Å². The van der Waals surface area contributed by atoms with Gasteiger partial charge in [-0.05, 0) is 47.9 Å². The highest BCUT2D eigenvalue weighted by Crippen LogP contribution is 2.19. The van der Waals surface area contributed by atoms with E-state index in [9.17, 15) is 9.18 Å². The van der Waals surface area contributed by atoms with Gasteiger partial charge in [-0.1, -0.05) is 26.0 Å². The van der Waals surface area contributed by atoms with Crippen molar-refractivity contribution in [2.75, 3.05) is 37.7 Å². The first-order valence-corrected chi connectivity index (χ1v) is 9.04. The van der Waals surface area contributed by atoms with Gasteiger partial charge in [0.2, 0.25) is 0 Å². The number of piperazine rings is 1. The van der Waals surface area contributed by atoms with Gasteiger partial charge in [0.25, 0.3) is 5.91 Å². The third kappa shape index (κ3) is 4.54. The van der Waals surface area contributed by atoms with Crippen molar-refractivity contribution in [3.63, 3.8) is 0 Å². The number of hydrogen-bond donors (Lipinski definition) is 0. The molecule has 4 nitrogen and oxygen atoms in total. The van der Waals surface area contributed by atoms with E-state index in [0.717, 1.165) is 18.8 Å². The van der Waals surface area contributed by atoms with Crippen molar-refractivity contribution in [1.82, 2.24) is 4.90 Å². The van der Waals surface area contributed by atoms with Crippen LogP contribution in [0.2, 0.25) is 0 Å². The Morgan fingerprint density at radius 1 is 1.00 bits per heavy atom. The lowest BCUT2D eigenvalue weighted by Gasteiger charge is -2.36. The number of nitrogens with zero attached hydrogens (tertiary/aromatic N) is 2. The highest BCUT2D eigenvalue weighted by atomic mass is 19.1. The molecule has 0 radical (unpaired) electrons. The minimum absolute atomic E-state index is 0.00306. The van der Waals surface area contributed by atoms with Crippen LogP contribution in [0.25, 0.3) is 0 Å². The highest BCUT2D eigenvalue weighted by Gasteiger charge is 2.21. The lowest BCUT2D eigenvalue weighted by molar-refractivity contribution is -0.133. The standard InChI is InChI=1S/C21H25FN2O2/c1-16(2)17-3-9-20(10-4-17)26-15-21(25)24-13-11-23(12-14-24)19-7-5-18(22)6-8-19/h3-10,16H,11-15H2,1-2H3. The molecule has 2 aromatic rings. The molecule has 2 aromatic carbocycles. The van der Waals surface area contributed by atoms with Crippen molar-refractivity contribution in [1.29, 1.82) is 0 Å². The summed E-state index contributed by atoms with van der Waals surface area (Å²) in [5.74, 6) is 0.952. The lowest BCUT2D eigenvalue weighted by atomic mass is 10.0. The average molecular weight is 356 g/mol. The zero-order valence-corrected chi connectivity index (χ0v) is 15.3. The van der Waals surface area contributed by atoms with E-state index in [-0.39, 0.29) is 18.3 Å². The number of halogens is 1. The van der Waals surface area contributed by atoms with Crippen molar-refractivity contribution in [3.8, 4) is 5.75 Å². The van der Waals surface area contributed by atoms with Crippen molar-refractivity contribution in [2.45, 2.75) is 19.8 Å². The van der Waals surface area contributed by atoms with Crippen LogP contribution >= 0.6 is 0 Å². The smallest absolute Gasteiger partial charge is 0.260 e. The molecule has 1 aliphatic heterocycles. The maximum Gasteiger partial charge on any atom is 0.260 e. The van der Waals surface area contributed by atoms with E-state index >= 15 is 0 Å². The SMILES string of the molecule is CC(C)c1ccc(OCC(=O)N2CCN(c3ccc(F)cc3)CC2)cc1. The molecule has 0 atom stereocenters. The number of anilines is 1.